The highest BCUT2D eigenvalue weighted by molar-refractivity contribution is 5.93. The third kappa shape index (κ3) is 4.87. The van der Waals surface area contributed by atoms with Gasteiger partial charge in [-0.05, 0) is 40.1 Å². The molecule has 0 bridgehead atoms. The van der Waals surface area contributed by atoms with E-state index in [1.54, 1.807) is 0 Å². The highest BCUT2D eigenvalue weighted by Gasteiger charge is 2.09. The fraction of sp³-hybridized carbons (Fsp3) is 0.462. The summed E-state index contributed by atoms with van der Waals surface area (Å²) in [4.78, 5) is 13.5. The summed E-state index contributed by atoms with van der Waals surface area (Å²) in [6.45, 7) is 4.27. The smallest absolute Gasteiger partial charge is 0.238 e. The second-order valence-electron chi connectivity index (χ2n) is 4.45. The van der Waals surface area contributed by atoms with Crippen molar-refractivity contribution in [2.24, 2.45) is 0 Å². The van der Waals surface area contributed by atoms with Crippen molar-refractivity contribution in [1.29, 1.82) is 0 Å². The van der Waals surface area contributed by atoms with Crippen molar-refractivity contribution in [3.63, 3.8) is 0 Å². The van der Waals surface area contributed by atoms with Crippen LogP contribution in [0.2, 0.25) is 0 Å². The van der Waals surface area contributed by atoms with Crippen molar-refractivity contribution in [2.75, 3.05) is 26.0 Å². The molecular weight excluding hydrogens is 216 g/mol. The van der Waals surface area contributed by atoms with Gasteiger partial charge in [-0.1, -0.05) is 12.1 Å². The van der Waals surface area contributed by atoms with Crippen molar-refractivity contribution in [3.8, 4) is 5.75 Å². The molecule has 0 saturated heterocycles. The highest BCUT2D eigenvalue weighted by atomic mass is 16.5. The van der Waals surface area contributed by atoms with Gasteiger partial charge in [0.25, 0.3) is 0 Å². The molecular formula is C13H20N2O2. The third-order valence-electron chi connectivity index (χ3n) is 1.98. The van der Waals surface area contributed by atoms with Crippen LogP contribution in [0.25, 0.3) is 0 Å². The lowest BCUT2D eigenvalue weighted by molar-refractivity contribution is -0.116. The predicted octanol–water partition coefficient (Wildman–Crippen LogP) is 1.97. The lowest BCUT2D eigenvalue weighted by Crippen LogP contribution is -2.27. The van der Waals surface area contributed by atoms with Crippen LogP contribution >= 0.6 is 0 Å². The summed E-state index contributed by atoms with van der Waals surface area (Å²) >= 11 is 0. The van der Waals surface area contributed by atoms with Gasteiger partial charge < -0.3 is 15.0 Å². The normalized spacial score (nSPS) is 10.7. The fourth-order valence-electron chi connectivity index (χ4n) is 1.40. The van der Waals surface area contributed by atoms with E-state index in [0.29, 0.717) is 18.0 Å². The van der Waals surface area contributed by atoms with Gasteiger partial charge in [-0.3, -0.25) is 4.79 Å². The molecule has 1 amide bonds. The zero-order valence-electron chi connectivity index (χ0n) is 10.9. The Morgan fingerprint density at radius 2 is 2.00 bits per heavy atom. The van der Waals surface area contributed by atoms with E-state index in [0.717, 1.165) is 0 Å². The lowest BCUT2D eigenvalue weighted by Gasteiger charge is -2.15. The maximum absolute atomic E-state index is 11.7. The summed E-state index contributed by atoms with van der Waals surface area (Å²) in [5.74, 6) is 0.657. The molecule has 4 heteroatoms. The quantitative estimate of drug-likeness (QED) is 0.850. The second kappa shape index (κ2) is 6.25. The molecule has 1 aromatic carbocycles. The molecule has 0 atom stereocenters. The minimum absolute atomic E-state index is 0.0465. The van der Waals surface area contributed by atoms with Gasteiger partial charge >= 0.3 is 0 Å². The van der Waals surface area contributed by atoms with E-state index in [1.165, 1.54) is 0 Å². The molecule has 17 heavy (non-hydrogen) atoms. The molecule has 0 heterocycles. The number of ether oxygens (including phenoxy) is 1. The van der Waals surface area contributed by atoms with Crippen LogP contribution in [-0.2, 0) is 4.79 Å². The molecule has 0 aromatic heterocycles. The first-order valence-electron chi connectivity index (χ1n) is 5.69. The van der Waals surface area contributed by atoms with Gasteiger partial charge in [0.15, 0.2) is 0 Å². The first-order chi connectivity index (χ1) is 7.99. The van der Waals surface area contributed by atoms with Gasteiger partial charge in [-0.25, -0.2) is 0 Å². The predicted molar refractivity (Wildman–Crippen MR) is 69.4 cm³/mol. The summed E-state index contributed by atoms with van der Waals surface area (Å²) in [6, 6.07) is 7.45. The van der Waals surface area contributed by atoms with E-state index in [2.05, 4.69) is 5.32 Å². The maximum atomic E-state index is 11.7. The fourth-order valence-corrected chi connectivity index (χ4v) is 1.40. The molecule has 1 aromatic rings. The van der Waals surface area contributed by atoms with E-state index in [9.17, 15) is 4.79 Å². The first-order valence-corrected chi connectivity index (χ1v) is 5.69. The zero-order chi connectivity index (χ0) is 12.8. The Morgan fingerprint density at radius 3 is 2.59 bits per heavy atom. The summed E-state index contributed by atoms with van der Waals surface area (Å²) in [5, 5.41) is 2.84. The van der Waals surface area contributed by atoms with Crippen LogP contribution in [0, 0.1) is 0 Å². The number of nitrogens with one attached hydrogen (secondary N) is 1. The van der Waals surface area contributed by atoms with Crippen LogP contribution in [0.4, 0.5) is 5.69 Å². The molecule has 94 valence electrons. The van der Waals surface area contributed by atoms with E-state index in [1.807, 2.05) is 57.1 Å². The van der Waals surface area contributed by atoms with Gasteiger partial charge in [-0.15, -0.1) is 0 Å². The van der Waals surface area contributed by atoms with E-state index < -0.39 is 0 Å². The van der Waals surface area contributed by atoms with Crippen molar-refractivity contribution < 1.29 is 9.53 Å². The number of hydrogen-bond acceptors (Lipinski definition) is 3. The van der Waals surface area contributed by atoms with Gasteiger partial charge in [0.05, 0.1) is 18.3 Å². The summed E-state index contributed by atoms with van der Waals surface area (Å²) < 4.78 is 5.62. The Morgan fingerprint density at radius 1 is 1.35 bits per heavy atom. The van der Waals surface area contributed by atoms with Gasteiger partial charge in [0.2, 0.25) is 5.91 Å². The van der Waals surface area contributed by atoms with Gasteiger partial charge in [0.1, 0.15) is 5.75 Å². The summed E-state index contributed by atoms with van der Waals surface area (Å²) in [7, 11) is 3.71. The molecule has 0 spiro atoms. The van der Waals surface area contributed by atoms with Gasteiger partial charge in [0, 0.05) is 0 Å². The number of nitrogens with zero attached hydrogens (tertiary/aromatic N) is 1. The van der Waals surface area contributed by atoms with Crippen LogP contribution in [0.15, 0.2) is 24.3 Å². The Kier molecular flexibility index (Phi) is 4.97. The number of amides is 1. The zero-order valence-corrected chi connectivity index (χ0v) is 10.9. The Labute approximate surface area is 103 Å². The highest BCUT2D eigenvalue weighted by Crippen LogP contribution is 2.24. The molecule has 0 aliphatic rings. The van der Waals surface area contributed by atoms with Gasteiger partial charge in [-0.2, -0.15) is 0 Å². The number of carbonyl (C=O) groups excluding carboxylic acids is 1. The Balaban J connectivity index is 2.72. The third-order valence-corrected chi connectivity index (χ3v) is 1.98. The maximum Gasteiger partial charge on any atom is 0.238 e. The standard InChI is InChI=1S/C13H20N2O2/c1-10(2)17-12-8-6-5-7-11(12)14-13(16)9-15(3)4/h5-8,10H,9H2,1-4H3,(H,14,16). The monoisotopic (exact) mass is 236 g/mol. The number of hydrogen-bond donors (Lipinski definition) is 1. The summed E-state index contributed by atoms with van der Waals surface area (Å²) in [6.07, 6.45) is 0.0851. The molecule has 1 rings (SSSR count). The van der Waals surface area contributed by atoms with Crippen molar-refractivity contribution in [1.82, 2.24) is 4.90 Å². The van der Waals surface area contributed by atoms with Crippen molar-refractivity contribution >= 4 is 11.6 Å². The number of rotatable bonds is 5. The molecule has 0 saturated carbocycles. The molecule has 1 N–H and O–H groups in total. The van der Waals surface area contributed by atoms with E-state index in [4.69, 9.17) is 4.74 Å². The average molecular weight is 236 g/mol. The number of carbonyl (C=O) groups is 1. The molecule has 0 aliphatic heterocycles. The van der Waals surface area contributed by atoms with Crippen molar-refractivity contribution in [3.05, 3.63) is 24.3 Å². The first kappa shape index (κ1) is 13.5. The van der Waals surface area contributed by atoms with Crippen LogP contribution < -0.4 is 10.1 Å². The van der Waals surface area contributed by atoms with Crippen molar-refractivity contribution in [2.45, 2.75) is 20.0 Å². The average Bonchev–Trinajstić information content (AvgIpc) is 2.18. The number of benzene rings is 1. The molecule has 0 unspecified atom stereocenters. The van der Waals surface area contributed by atoms with Crippen LogP contribution in [0.1, 0.15) is 13.8 Å². The topological polar surface area (TPSA) is 41.6 Å². The Bertz CT molecular complexity index is 375. The molecule has 4 nitrogen and oxygen atoms in total. The summed E-state index contributed by atoms with van der Waals surface area (Å²) in [5.41, 5.74) is 0.716. The molecule has 0 aliphatic carbocycles. The van der Waals surface area contributed by atoms with Crippen LogP contribution in [0.3, 0.4) is 0 Å². The molecule has 0 radical (unpaired) electrons. The van der Waals surface area contributed by atoms with Crippen LogP contribution in [0.5, 0.6) is 5.75 Å². The number of likely N-dealkylation sites (N-methyl/N-ethyl adjacent to an activating group) is 1. The lowest BCUT2D eigenvalue weighted by atomic mass is 10.3. The number of para-hydroxylation sites is 2. The minimum Gasteiger partial charge on any atom is -0.489 e. The minimum atomic E-state index is -0.0465. The number of anilines is 1. The van der Waals surface area contributed by atoms with Crippen LogP contribution in [-0.4, -0.2) is 37.6 Å². The SMILES string of the molecule is CC(C)Oc1ccccc1NC(=O)CN(C)C. The largest absolute Gasteiger partial charge is 0.489 e. The molecule has 0 fully saturated rings. The Hall–Kier alpha value is -1.55. The van der Waals surface area contributed by atoms with E-state index >= 15 is 0 Å². The second-order valence-corrected chi connectivity index (χ2v) is 4.45. The van der Waals surface area contributed by atoms with E-state index in [-0.39, 0.29) is 12.0 Å².